The van der Waals surface area contributed by atoms with Gasteiger partial charge < -0.3 is 10.1 Å². The van der Waals surface area contributed by atoms with Gasteiger partial charge in [0.05, 0.1) is 6.10 Å². The van der Waals surface area contributed by atoms with Gasteiger partial charge in [-0.2, -0.15) is 0 Å². The van der Waals surface area contributed by atoms with Gasteiger partial charge in [0.1, 0.15) is 0 Å². The first-order valence-corrected chi connectivity index (χ1v) is 9.14. The molecule has 2 heteroatoms. The lowest BCUT2D eigenvalue weighted by Crippen LogP contribution is -2.53. The van der Waals surface area contributed by atoms with Crippen molar-refractivity contribution in [2.24, 2.45) is 23.2 Å². The average Bonchev–Trinajstić information content (AvgIpc) is 2.35. The molecule has 0 aliphatic heterocycles. The molecule has 0 heterocycles. The van der Waals surface area contributed by atoms with Gasteiger partial charge in [0.25, 0.3) is 0 Å². The van der Waals surface area contributed by atoms with Crippen molar-refractivity contribution in [3.63, 3.8) is 0 Å². The largest absolute Gasteiger partial charge is 0.376 e. The van der Waals surface area contributed by atoms with Crippen LogP contribution in [0.2, 0.25) is 0 Å². The molecule has 4 atom stereocenters. The van der Waals surface area contributed by atoms with Crippen molar-refractivity contribution < 1.29 is 4.74 Å². The van der Waals surface area contributed by atoms with E-state index in [1.54, 1.807) is 0 Å². The van der Waals surface area contributed by atoms with Gasteiger partial charge in [-0.3, -0.25) is 0 Å². The number of hydrogen-bond donors (Lipinski definition) is 1. The van der Waals surface area contributed by atoms with Crippen LogP contribution < -0.4 is 5.32 Å². The van der Waals surface area contributed by atoms with Crippen molar-refractivity contribution >= 4 is 0 Å². The Labute approximate surface area is 133 Å². The van der Waals surface area contributed by atoms with E-state index in [9.17, 15) is 0 Å². The lowest BCUT2D eigenvalue weighted by molar-refractivity contribution is -0.0570. The number of ether oxygens (including phenoxy) is 1. The Morgan fingerprint density at radius 1 is 1.05 bits per heavy atom. The van der Waals surface area contributed by atoms with Crippen molar-refractivity contribution in [3.8, 4) is 0 Å². The van der Waals surface area contributed by atoms with Crippen LogP contribution in [0.4, 0.5) is 0 Å². The fraction of sp³-hybridized carbons (Fsp3) is 1.00. The zero-order valence-electron chi connectivity index (χ0n) is 15.5. The van der Waals surface area contributed by atoms with Gasteiger partial charge in [0.15, 0.2) is 0 Å². The topological polar surface area (TPSA) is 21.3 Å². The first-order valence-electron chi connectivity index (χ1n) is 9.14. The summed E-state index contributed by atoms with van der Waals surface area (Å²) < 4.78 is 6.23. The van der Waals surface area contributed by atoms with E-state index in [1.807, 2.05) is 0 Å². The summed E-state index contributed by atoms with van der Waals surface area (Å²) in [4.78, 5) is 0. The summed E-state index contributed by atoms with van der Waals surface area (Å²) in [5.74, 6) is 2.46. The van der Waals surface area contributed by atoms with E-state index >= 15 is 0 Å². The van der Waals surface area contributed by atoms with Gasteiger partial charge in [-0.25, -0.2) is 0 Å². The second-order valence-electron chi connectivity index (χ2n) is 8.40. The summed E-state index contributed by atoms with van der Waals surface area (Å²) in [6, 6.07) is 0.495. The second-order valence-corrected chi connectivity index (χ2v) is 8.40. The lowest BCUT2D eigenvalue weighted by Gasteiger charge is -2.44. The third-order valence-corrected chi connectivity index (χ3v) is 4.88. The first kappa shape index (κ1) is 19.0. The summed E-state index contributed by atoms with van der Waals surface area (Å²) in [5, 5.41) is 3.85. The van der Waals surface area contributed by atoms with Gasteiger partial charge in [-0.15, -0.1) is 0 Å². The van der Waals surface area contributed by atoms with Crippen LogP contribution in [0.25, 0.3) is 0 Å². The van der Waals surface area contributed by atoms with Crippen molar-refractivity contribution in [2.75, 3.05) is 13.2 Å². The minimum atomic E-state index is 0.186. The normalized spacial score (nSPS) is 30.1. The molecule has 1 saturated carbocycles. The van der Waals surface area contributed by atoms with E-state index in [0.717, 1.165) is 30.9 Å². The van der Waals surface area contributed by atoms with Gasteiger partial charge in [-0.1, -0.05) is 41.5 Å². The molecule has 1 N–H and O–H groups in total. The van der Waals surface area contributed by atoms with Gasteiger partial charge in [0.2, 0.25) is 0 Å². The lowest BCUT2D eigenvalue weighted by atomic mass is 9.69. The van der Waals surface area contributed by atoms with Crippen molar-refractivity contribution in [1.82, 2.24) is 5.32 Å². The summed E-state index contributed by atoms with van der Waals surface area (Å²) >= 11 is 0. The Morgan fingerprint density at radius 3 is 2.05 bits per heavy atom. The van der Waals surface area contributed by atoms with Crippen LogP contribution in [-0.4, -0.2) is 25.3 Å². The Hall–Kier alpha value is -0.0800. The number of rotatable bonds is 7. The molecule has 0 aromatic heterocycles. The standard InChI is InChI=1S/C19H39NO/c1-8-10-20-17(18(21-9-2)19(5,6)7)16-12-14(3)11-15(4)13-16/h14-18,20H,8-13H2,1-7H3. The monoisotopic (exact) mass is 297 g/mol. The van der Waals surface area contributed by atoms with Crippen molar-refractivity contribution in [1.29, 1.82) is 0 Å². The molecule has 1 fully saturated rings. The van der Waals surface area contributed by atoms with Crippen LogP contribution in [0, 0.1) is 23.2 Å². The molecule has 1 rings (SSSR count). The number of nitrogens with one attached hydrogen (secondary N) is 1. The van der Waals surface area contributed by atoms with Crippen LogP contribution in [0.5, 0.6) is 0 Å². The van der Waals surface area contributed by atoms with E-state index in [2.05, 4.69) is 53.8 Å². The summed E-state index contributed by atoms with van der Waals surface area (Å²) in [7, 11) is 0. The SMILES string of the molecule is CCCNC(C1CC(C)CC(C)C1)C(OCC)C(C)(C)C. The number of hydrogen-bond acceptors (Lipinski definition) is 2. The minimum absolute atomic E-state index is 0.186. The van der Waals surface area contributed by atoms with Crippen LogP contribution in [0.15, 0.2) is 0 Å². The second kappa shape index (κ2) is 8.53. The highest BCUT2D eigenvalue weighted by Gasteiger charge is 2.39. The quantitative estimate of drug-likeness (QED) is 0.723. The van der Waals surface area contributed by atoms with E-state index < -0.39 is 0 Å². The van der Waals surface area contributed by atoms with E-state index in [-0.39, 0.29) is 5.41 Å². The third kappa shape index (κ3) is 5.90. The molecule has 0 aromatic rings. The highest BCUT2D eigenvalue weighted by Crippen LogP contribution is 2.39. The van der Waals surface area contributed by atoms with Crippen LogP contribution in [-0.2, 0) is 4.74 Å². The zero-order chi connectivity index (χ0) is 16.0. The van der Waals surface area contributed by atoms with E-state index in [0.29, 0.717) is 12.1 Å². The maximum Gasteiger partial charge on any atom is 0.0778 e. The molecule has 2 nitrogen and oxygen atoms in total. The Kier molecular flexibility index (Phi) is 7.70. The Morgan fingerprint density at radius 2 is 1.62 bits per heavy atom. The highest BCUT2D eigenvalue weighted by molar-refractivity contribution is 4.93. The zero-order valence-corrected chi connectivity index (χ0v) is 15.5. The molecule has 4 unspecified atom stereocenters. The average molecular weight is 298 g/mol. The molecule has 0 aromatic carbocycles. The maximum atomic E-state index is 6.23. The van der Waals surface area contributed by atoms with Gasteiger partial charge >= 0.3 is 0 Å². The van der Waals surface area contributed by atoms with Crippen molar-refractivity contribution in [2.45, 2.75) is 86.3 Å². The van der Waals surface area contributed by atoms with E-state index in [4.69, 9.17) is 4.74 Å². The molecule has 0 radical (unpaired) electrons. The summed E-state index contributed by atoms with van der Waals surface area (Å²) in [5.41, 5.74) is 0.186. The molecule has 0 spiro atoms. The Bertz CT molecular complexity index is 274. The Balaban J connectivity index is 2.90. The first-order chi connectivity index (χ1) is 9.79. The molecular formula is C19H39NO. The minimum Gasteiger partial charge on any atom is -0.376 e. The van der Waals surface area contributed by atoms with Gasteiger partial charge in [0, 0.05) is 12.6 Å². The van der Waals surface area contributed by atoms with Crippen LogP contribution in [0.1, 0.15) is 74.1 Å². The summed E-state index contributed by atoms with van der Waals surface area (Å²) in [6.07, 6.45) is 5.59. The predicted molar refractivity (Wildman–Crippen MR) is 92.6 cm³/mol. The fourth-order valence-electron chi connectivity index (χ4n) is 4.21. The fourth-order valence-corrected chi connectivity index (χ4v) is 4.21. The molecular weight excluding hydrogens is 258 g/mol. The molecule has 21 heavy (non-hydrogen) atoms. The van der Waals surface area contributed by atoms with E-state index in [1.165, 1.54) is 25.7 Å². The van der Waals surface area contributed by atoms with Gasteiger partial charge in [-0.05, 0) is 62.3 Å². The molecule has 0 bridgehead atoms. The van der Waals surface area contributed by atoms with Crippen LogP contribution >= 0.6 is 0 Å². The highest BCUT2D eigenvalue weighted by atomic mass is 16.5. The molecule has 1 aliphatic carbocycles. The molecule has 126 valence electrons. The predicted octanol–water partition coefficient (Wildman–Crippen LogP) is 4.88. The third-order valence-electron chi connectivity index (χ3n) is 4.88. The van der Waals surface area contributed by atoms with Crippen LogP contribution in [0.3, 0.4) is 0 Å². The molecule has 0 saturated heterocycles. The molecule has 1 aliphatic rings. The van der Waals surface area contributed by atoms with Crippen molar-refractivity contribution in [3.05, 3.63) is 0 Å². The molecule has 0 amide bonds. The smallest absolute Gasteiger partial charge is 0.0778 e. The maximum absolute atomic E-state index is 6.23. The summed E-state index contributed by atoms with van der Waals surface area (Å²) in [6.45, 7) is 18.1.